The quantitative estimate of drug-likeness (QED) is 0.565. The Hall–Kier alpha value is -1.20. The third-order valence-electron chi connectivity index (χ3n) is 2.99. The van der Waals surface area contributed by atoms with Gasteiger partial charge >= 0.3 is 0 Å². The predicted molar refractivity (Wildman–Crippen MR) is 56.0 cm³/mol. The Labute approximate surface area is 89.0 Å². The molecule has 1 aliphatic rings. The molecule has 1 fully saturated rings. The molecule has 15 heavy (non-hydrogen) atoms. The normalized spacial score (nSPS) is 18.3. The van der Waals surface area contributed by atoms with Crippen LogP contribution in [0.25, 0.3) is 0 Å². The lowest BCUT2D eigenvalue weighted by Crippen LogP contribution is -2.37. The van der Waals surface area contributed by atoms with Crippen LogP contribution in [0.2, 0.25) is 0 Å². The summed E-state index contributed by atoms with van der Waals surface area (Å²) in [7, 11) is 1.60. The molecule has 1 aromatic rings. The standard InChI is InChI=1S/C10H16N4O/c1-15-9-5-8(12-6-13-9)10(14-11)7-3-2-4-7/h5-7,10,14H,2-4,11H2,1H3. The lowest BCUT2D eigenvalue weighted by atomic mass is 9.79. The Bertz CT molecular complexity index is 327. The Morgan fingerprint density at radius 1 is 1.53 bits per heavy atom. The monoisotopic (exact) mass is 208 g/mol. The third kappa shape index (κ3) is 2.08. The summed E-state index contributed by atoms with van der Waals surface area (Å²) in [6.45, 7) is 0. The minimum absolute atomic E-state index is 0.121. The van der Waals surface area contributed by atoms with E-state index < -0.39 is 0 Å². The van der Waals surface area contributed by atoms with Gasteiger partial charge in [0.1, 0.15) is 6.33 Å². The van der Waals surface area contributed by atoms with E-state index in [9.17, 15) is 0 Å². The van der Waals surface area contributed by atoms with Crippen LogP contribution in [0.4, 0.5) is 0 Å². The summed E-state index contributed by atoms with van der Waals surface area (Å²) in [4.78, 5) is 8.20. The minimum atomic E-state index is 0.121. The highest BCUT2D eigenvalue weighted by atomic mass is 16.5. The lowest BCUT2D eigenvalue weighted by molar-refractivity contribution is 0.228. The molecule has 1 unspecified atom stereocenters. The minimum Gasteiger partial charge on any atom is -0.481 e. The van der Waals surface area contributed by atoms with Crippen molar-refractivity contribution in [1.82, 2.24) is 15.4 Å². The van der Waals surface area contributed by atoms with E-state index in [1.54, 1.807) is 7.11 Å². The molecular formula is C10H16N4O. The number of hydrogen-bond acceptors (Lipinski definition) is 5. The van der Waals surface area contributed by atoms with Crippen LogP contribution in [-0.4, -0.2) is 17.1 Å². The second-order valence-electron chi connectivity index (χ2n) is 3.82. The fourth-order valence-corrected chi connectivity index (χ4v) is 1.87. The molecule has 0 radical (unpaired) electrons. The highest BCUT2D eigenvalue weighted by Gasteiger charge is 2.28. The number of nitrogens with two attached hydrogens (primary N) is 1. The number of methoxy groups -OCH3 is 1. The van der Waals surface area contributed by atoms with Crippen molar-refractivity contribution in [2.45, 2.75) is 25.3 Å². The van der Waals surface area contributed by atoms with E-state index in [2.05, 4.69) is 15.4 Å². The Morgan fingerprint density at radius 2 is 2.33 bits per heavy atom. The first-order valence-corrected chi connectivity index (χ1v) is 5.17. The second kappa shape index (κ2) is 4.55. The molecule has 0 aromatic carbocycles. The van der Waals surface area contributed by atoms with Gasteiger partial charge in [0.25, 0.3) is 0 Å². The Kier molecular flexibility index (Phi) is 3.13. The predicted octanol–water partition coefficient (Wildman–Crippen LogP) is 0.790. The van der Waals surface area contributed by atoms with Crippen LogP contribution in [0.15, 0.2) is 12.4 Å². The molecular weight excluding hydrogens is 192 g/mol. The maximum absolute atomic E-state index is 5.56. The second-order valence-corrected chi connectivity index (χ2v) is 3.82. The van der Waals surface area contributed by atoms with Crippen LogP contribution in [0, 0.1) is 5.92 Å². The van der Waals surface area contributed by atoms with Crippen LogP contribution >= 0.6 is 0 Å². The lowest BCUT2D eigenvalue weighted by Gasteiger charge is -2.32. The van der Waals surface area contributed by atoms with Gasteiger partial charge in [0, 0.05) is 6.07 Å². The van der Waals surface area contributed by atoms with E-state index in [1.165, 1.54) is 25.6 Å². The van der Waals surface area contributed by atoms with Gasteiger partial charge in [0.2, 0.25) is 5.88 Å². The van der Waals surface area contributed by atoms with Gasteiger partial charge in [-0.05, 0) is 18.8 Å². The summed E-state index contributed by atoms with van der Waals surface area (Å²) in [5.74, 6) is 6.73. The summed E-state index contributed by atoms with van der Waals surface area (Å²) in [5, 5.41) is 0. The van der Waals surface area contributed by atoms with Crippen LogP contribution < -0.4 is 16.0 Å². The van der Waals surface area contributed by atoms with Crippen molar-refractivity contribution < 1.29 is 4.74 Å². The largest absolute Gasteiger partial charge is 0.481 e. The molecule has 1 atom stereocenters. The van der Waals surface area contributed by atoms with E-state index in [1.807, 2.05) is 6.07 Å². The van der Waals surface area contributed by atoms with Gasteiger partial charge < -0.3 is 4.74 Å². The van der Waals surface area contributed by atoms with Crippen LogP contribution in [0.3, 0.4) is 0 Å². The van der Waals surface area contributed by atoms with E-state index >= 15 is 0 Å². The van der Waals surface area contributed by atoms with Gasteiger partial charge in [0.05, 0.1) is 18.8 Å². The zero-order valence-electron chi connectivity index (χ0n) is 8.81. The number of hydrogen-bond donors (Lipinski definition) is 2. The number of aromatic nitrogens is 2. The fraction of sp³-hybridized carbons (Fsp3) is 0.600. The van der Waals surface area contributed by atoms with Gasteiger partial charge in [-0.2, -0.15) is 0 Å². The molecule has 1 saturated carbocycles. The van der Waals surface area contributed by atoms with Crippen molar-refractivity contribution >= 4 is 0 Å². The first-order chi connectivity index (χ1) is 7.35. The van der Waals surface area contributed by atoms with Crippen molar-refractivity contribution in [2.75, 3.05) is 7.11 Å². The molecule has 1 aromatic heterocycles. The molecule has 0 aliphatic heterocycles. The summed E-state index contributed by atoms with van der Waals surface area (Å²) in [5.41, 5.74) is 3.74. The zero-order chi connectivity index (χ0) is 10.7. The first-order valence-electron chi connectivity index (χ1n) is 5.17. The maximum Gasteiger partial charge on any atom is 0.216 e. The smallest absolute Gasteiger partial charge is 0.216 e. The Balaban J connectivity index is 2.17. The fourth-order valence-electron chi connectivity index (χ4n) is 1.87. The first kappa shape index (κ1) is 10.3. The maximum atomic E-state index is 5.56. The molecule has 3 N–H and O–H groups in total. The van der Waals surface area contributed by atoms with E-state index in [0.717, 1.165) is 5.69 Å². The van der Waals surface area contributed by atoms with Crippen LogP contribution in [0.1, 0.15) is 31.0 Å². The van der Waals surface area contributed by atoms with E-state index in [-0.39, 0.29) is 6.04 Å². The molecule has 5 heteroatoms. The summed E-state index contributed by atoms with van der Waals surface area (Å²) < 4.78 is 5.06. The van der Waals surface area contributed by atoms with E-state index in [0.29, 0.717) is 11.8 Å². The number of nitrogens with zero attached hydrogens (tertiary/aromatic N) is 2. The average Bonchev–Trinajstić information content (AvgIpc) is 2.23. The van der Waals surface area contributed by atoms with Crippen LogP contribution in [-0.2, 0) is 0 Å². The van der Waals surface area contributed by atoms with Crippen LogP contribution in [0.5, 0.6) is 5.88 Å². The van der Waals surface area contributed by atoms with Crippen molar-refractivity contribution in [2.24, 2.45) is 11.8 Å². The molecule has 0 amide bonds. The molecule has 0 bridgehead atoms. The zero-order valence-corrected chi connectivity index (χ0v) is 8.81. The van der Waals surface area contributed by atoms with Gasteiger partial charge in [-0.25, -0.2) is 9.97 Å². The summed E-state index contributed by atoms with van der Waals surface area (Å²) >= 11 is 0. The number of ether oxygens (including phenoxy) is 1. The molecule has 0 saturated heterocycles. The van der Waals surface area contributed by atoms with Gasteiger partial charge in [-0.1, -0.05) is 6.42 Å². The van der Waals surface area contributed by atoms with Crippen molar-refractivity contribution in [3.8, 4) is 5.88 Å². The van der Waals surface area contributed by atoms with Crippen molar-refractivity contribution in [3.05, 3.63) is 18.1 Å². The average molecular weight is 208 g/mol. The molecule has 1 heterocycles. The third-order valence-corrected chi connectivity index (χ3v) is 2.99. The number of hydrazine groups is 1. The highest BCUT2D eigenvalue weighted by Crippen LogP contribution is 2.36. The Morgan fingerprint density at radius 3 is 2.87 bits per heavy atom. The number of rotatable bonds is 4. The van der Waals surface area contributed by atoms with Gasteiger partial charge in [0.15, 0.2) is 0 Å². The van der Waals surface area contributed by atoms with E-state index in [4.69, 9.17) is 10.6 Å². The van der Waals surface area contributed by atoms with Gasteiger partial charge in [-0.3, -0.25) is 11.3 Å². The summed E-state index contributed by atoms with van der Waals surface area (Å²) in [6.07, 6.45) is 5.21. The molecule has 1 aliphatic carbocycles. The molecule has 0 spiro atoms. The van der Waals surface area contributed by atoms with Crippen molar-refractivity contribution in [3.63, 3.8) is 0 Å². The number of nitrogens with one attached hydrogen (secondary N) is 1. The summed E-state index contributed by atoms with van der Waals surface area (Å²) in [6, 6.07) is 1.96. The topological polar surface area (TPSA) is 73.1 Å². The molecule has 2 rings (SSSR count). The van der Waals surface area contributed by atoms with Crippen molar-refractivity contribution in [1.29, 1.82) is 0 Å². The molecule has 82 valence electrons. The van der Waals surface area contributed by atoms with Gasteiger partial charge in [-0.15, -0.1) is 0 Å². The SMILES string of the molecule is COc1cc(C(NN)C2CCC2)ncn1. The molecule has 5 nitrogen and oxygen atoms in total. The highest BCUT2D eigenvalue weighted by molar-refractivity contribution is 5.17.